The van der Waals surface area contributed by atoms with Gasteiger partial charge in [0.15, 0.2) is 6.10 Å². The summed E-state index contributed by atoms with van der Waals surface area (Å²) in [5.41, 5.74) is 0. The van der Waals surface area contributed by atoms with Crippen molar-refractivity contribution in [2.75, 3.05) is 13.2 Å². The fraction of sp³-hybridized carbons (Fsp3) is 0.843. The zero-order chi connectivity index (χ0) is 55.0. The van der Waals surface area contributed by atoms with Gasteiger partial charge in [-0.1, -0.05) is 333 Å². The molecule has 6 nitrogen and oxygen atoms in total. The summed E-state index contributed by atoms with van der Waals surface area (Å²) in [6, 6.07) is 0. The molecule has 0 rings (SSSR count). The van der Waals surface area contributed by atoms with Crippen molar-refractivity contribution < 1.29 is 28.6 Å². The molecular weight excluding hydrogens is 937 g/mol. The van der Waals surface area contributed by atoms with Crippen molar-refractivity contribution in [3.8, 4) is 0 Å². The van der Waals surface area contributed by atoms with E-state index in [1.807, 2.05) is 0 Å². The van der Waals surface area contributed by atoms with Crippen molar-refractivity contribution in [3.05, 3.63) is 48.6 Å². The number of esters is 3. The Morgan fingerprint density at radius 2 is 0.513 bits per heavy atom. The van der Waals surface area contributed by atoms with E-state index in [4.69, 9.17) is 14.2 Å². The number of allylic oxidation sites excluding steroid dienone is 8. The molecule has 0 saturated carbocycles. The van der Waals surface area contributed by atoms with Crippen molar-refractivity contribution >= 4 is 17.9 Å². The number of carbonyl (C=O) groups excluding carboxylic acids is 3. The lowest BCUT2D eigenvalue weighted by atomic mass is 10.0. The zero-order valence-electron chi connectivity index (χ0n) is 51.0. The van der Waals surface area contributed by atoms with E-state index in [1.54, 1.807) is 0 Å². The van der Waals surface area contributed by atoms with E-state index in [0.29, 0.717) is 19.3 Å². The van der Waals surface area contributed by atoms with Crippen LogP contribution in [0.1, 0.15) is 361 Å². The smallest absolute Gasteiger partial charge is 0.306 e. The second kappa shape index (κ2) is 64.9. The minimum absolute atomic E-state index is 0.0682. The predicted molar refractivity (Wildman–Crippen MR) is 330 cm³/mol. The van der Waals surface area contributed by atoms with Gasteiger partial charge in [0.2, 0.25) is 0 Å². The van der Waals surface area contributed by atoms with Gasteiger partial charge in [0.05, 0.1) is 0 Å². The molecule has 0 spiro atoms. The van der Waals surface area contributed by atoms with Gasteiger partial charge in [-0.3, -0.25) is 14.4 Å². The molecule has 0 radical (unpaired) electrons. The molecule has 1 unspecified atom stereocenters. The Morgan fingerprint density at radius 1 is 0.276 bits per heavy atom. The van der Waals surface area contributed by atoms with E-state index in [0.717, 1.165) is 83.5 Å². The fourth-order valence-electron chi connectivity index (χ4n) is 10.1. The standard InChI is InChI=1S/C70H128O6/c1-4-7-10-13-16-19-22-25-28-31-33-34-35-36-37-40-42-45-48-51-54-57-60-63-69(72)75-66-67(65-74-68(71)62-59-56-53-50-47-44-41-38-30-27-24-21-18-15-12-9-6-3)76-70(73)64-61-58-55-52-49-46-43-39-32-29-26-23-20-17-14-11-8-5-2/h7,10,16,19,25,28,33-34,67H,4-6,8-9,11-15,17-18,20-24,26-27,29-32,35-66H2,1-3H3/b10-7-,19-16-,28-25-,34-33-. The number of hydrogen-bond acceptors (Lipinski definition) is 6. The highest BCUT2D eigenvalue weighted by atomic mass is 16.6. The van der Waals surface area contributed by atoms with E-state index < -0.39 is 6.10 Å². The minimum atomic E-state index is -0.772. The van der Waals surface area contributed by atoms with Crippen molar-refractivity contribution in [3.63, 3.8) is 0 Å². The highest BCUT2D eigenvalue weighted by Crippen LogP contribution is 2.18. The largest absolute Gasteiger partial charge is 0.462 e. The minimum Gasteiger partial charge on any atom is -0.462 e. The van der Waals surface area contributed by atoms with Crippen molar-refractivity contribution in [2.45, 2.75) is 367 Å². The SMILES string of the molecule is CC/C=C\C/C=C\C/C=C\C/C=C\CCCCCCCCCCCCC(=O)OCC(COC(=O)CCCCCCCCCCCCCCCCCCC)OC(=O)CCCCCCCCCCCCCCCCCCCC. The summed E-state index contributed by atoms with van der Waals surface area (Å²) in [4.78, 5) is 38.4. The number of rotatable bonds is 62. The number of ether oxygens (including phenoxy) is 3. The first kappa shape index (κ1) is 73.4. The molecule has 0 amide bonds. The first-order chi connectivity index (χ1) is 37.5. The summed E-state index contributed by atoms with van der Waals surface area (Å²) in [5.74, 6) is -0.845. The molecule has 0 bridgehead atoms. The predicted octanol–water partition coefficient (Wildman–Crippen LogP) is 22.9. The van der Waals surface area contributed by atoms with Crippen LogP contribution < -0.4 is 0 Å². The van der Waals surface area contributed by atoms with Crippen LogP contribution in [0.3, 0.4) is 0 Å². The van der Waals surface area contributed by atoms with Crippen LogP contribution in [-0.2, 0) is 28.6 Å². The monoisotopic (exact) mass is 1060 g/mol. The Bertz CT molecular complexity index is 1310. The van der Waals surface area contributed by atoms with Gasteiger partial charge in [0.1, 0.15) is 13.2 Å². The van der Waals surface area contributed by atoms with Gasteiger partial charge in [-0.2, -0.15) is 0 Å². The first-order valence-corrected chi connectivity index (χ1v) is 33.6. The zero-order valence-corrected chi connectivity index (χ0v) is 51.0. The summed E-state index contributed by atoms with van der Waals surface area (Å²) in [7, 11) is 0. The summed E-state index contributed by atoms with van der Waals surface area (Å²) >= 11 is 0. The third-order valence-corrected chi connectivity index (χ3v) is 15.1. The van der Waals surface area contributed by atoms with Gasteiger partial charge in [-0.05, 0) is 57.8 Å². The van der Waals surface area contributed by atoms with Crippen LogP contribution in [-0.4, -0.2) is 37.2 Å². The van der Waals surface area contributed by atoms with Crippen LogP contribution >= 0.6 is 0 Å². The molecule has 0 aliphatic rings. The summed E-state index contributed by atoms with van der Waals surface area (Å²) < 4.78 is 17.0. The molecule has 0 aromatic rings. The van der Waals surface area contributed by atoms with Crippen LogP contribution in [0, 0.1) is 0 Å². The van der Waals surface area contributed by atoms with Gasteiger partial charge in [-0.25, -0.2) is 0 Å². The topological polar surface area (TPSA) is 78.9 Å². The molecule has 0 fully saturated rings. The summed E-state index contributed by atoms with van der Waals surface area (Å²) in [6.45, 7) is 6.60. The summed E-state index contributed by atoms with van der Waals surface area (Å²) in [6.07, 6.45) is 81.2. The molecule has 76 heavy (non-hydrogen) atoms. The maximum absolute atomic E-state index is 12.9. The van der Waals surface area contributed by atoms with Gasteiger partial charge >= 0.3 is 17.9 Å². The van der Waals surface area contributed by atoms with Crippen molar-refractivity contribution in [1.82, 2.24) is 0 Å². The third-order valence-electron chi connectivity index (χ3n) is 15.1. The second-order valence-corrected chi connectivity index (χ2v) is 22.7. The average molecular weight is 1070 g/mol. The van der Waals surface area contributed by atoms with Crippen molar-refractivity contribution in [1.29, 1.82) is 0 Å². The first-order valence-electron chi connectivity index (χ1n) is 33.6. The van der Waals surface area contributed by atoms with Crippen LogP contribution in [0.2, 0.25) is 0 Å². The summed E-state index contributed by atoms with van der Waals surface area (Å²) in [5, 5.41) is 0. The fourth-order valence-corrected chi connectivity index (χ4v) is 10.1. The Balaban J connectivity index is 4.31. The van der Waals surface area contributed by atoms with E-state index in [-0.39, 0.29) is 31.1 Å². The highest BCUT2D eigenvalue weighted by Gasteiger charge is 2.19. The molecule has 0 aliphatic carbocycles. The van der Waals surface area contributed by atoms with Crippen molar-refractivity contribution in [2.24, 2.45) is 0 Å². The Morgan fingerprint density at radius 3 is 0.803 bits per heavy atom. The van der Waals surface area contributed by atoms with Crippen LogP contribution in [0.25, 0.3) is 0 Å². The Hall–Kier alpha value is -2.63. The van der Waals surface area contributed by atoms with E-state index in [1.165, 1.54) is 238 Å². The molecule has 0 aromatic carbocycles. The maximum Gasteiger partial charge on any atom is 0.306 e. The van der Waals surface area contributed by atoms with Gasteiger partial charge in [0.25, 0.3) is 0 Å². The molecule has 1 atom stereocenters. The lowest BCUT2D eigenvalue weighted by Gasteiger charge is -2.18. The van der Waals surface area contributed by atoms with Crippen LogP contribution in [0.15, 0.2) is 48.6 Å². The average Bonchev–Trinajstić information content (AvgIpc) is 3.42. The lowest BCUT2D eigenvalue weighted by molar-refractivity contribution is -0.167. The molecular formula is C70H128O6. The molecule has 0 aromatic heterocycles. The molecule has 6 heteroatoms. The quantitative estimate of drug-likeness (QED) is 0.0261. The number of carbonyl (C=O) groups is 3. The van der Waals surface area contributed by atoms with Crippen LogP contribution in [0.4, 0.5) is 0 Å². The van der Waals surface area contributed by atoms with Crippen LogP contribution in [0.5, 0.6) is 0 Å². The Kier molecular flexibility index (Phi) is 62.6. The maximum atomic E-state index is 12.9. The van der Waals surface area contributed by atoms with Gasteiger partial charge < -0.3 is 14.2 Å². The lowest BCUT2D eigenvalue weighted by Crippen LogP contribution is -2.30. The Labute approximate surface area is 473 Å². The van der Waals surface area contributed by atoms with E-state index in [9.17, 15) is 14.4 Å². The number of unbranched alkanes of at least 4 members (excludes halogenated alkanes) is 43. The second-order valence-electron chi connectivity index (χ2n) is 22.7. The number of hydrogen-bond donors (Lipinski definition) is 0. The van der Waals surface area contributed by atoms with Gasteiger partial charge in [0, 0.05) is 19.3 Å². The molecule has 0 saturated heterocycles. The van der Waals surface area contributed by atoms with Gasteiger partial charge in [-0.15, -0.1) is 0 Å². The third kappa shape index (κ3) is 62.2. The molecule has 0 N–H and O–H groups in total. The highest BCUT2D eigenvalue weighted by molar-refractivity contribution is 5.71. The molecule has 0 aliphatic heterocycles. The van der Waals surface area contributed by atoms with E-state index in [2.05, 4.69) is 69.4 Å². The molecule has 0 heterocycles. The van der Waals surface area contributed by atoms with E-state index >= 15 is 0 Å². The normalized spacial score (nSPS) is 12.3. The molecule has 444 valence electrons.